The number of hydrogen-bond donors (Lipinski definition) is 1. The lowest BCUT2D eigenvalue weighted by Crippen LogP contribution is -2.13. The van der Waals surface area contributed by atoms with Gasteiger partial charge in [-0.2, -0.15) is 5.10 Å². The van der Waals surface area contributed by atoms with Gasteiger partial charge in [0.25, 0.3) is 5.91 Å². The van der Waals surface area contributed by atoms with Crippen LogP contribution in [-0.2, 0) is 6.54 Å². The molecule has 1 heterocycles. The van der Waals surface area contributed by atoms with E-state index in [1.54, 1.807) is 59.4 Å². The van der Waals surface area contributed by atoms with E-state index in [0.29, 0.717) is 34.9 Å². The molecular formula is C25H21N3O4. The van der Waals surface area contributed by atoms with Crippen molar-refractivity contribution in [3.63, 3.8) is 0 Å². The van der Waals surface area contributed by atoms with Crippen molar-refractivity contribution in [1.82, 2.24) is 9.78 Å². The van der Waals surface area contributed by atoms with Crippen molar-refractivity contribution in [2.75, 3.05) is 12.4 Å². The van der Waals surface area contributed by atoms with Crippen molar-refractivity contribution in [2.24, 2.45) is 0 Å². The monoisotopic (exact) mass is 427 g/mol. The van der Waals surface area contributed by atoms with E-state index in [4.69, 9.17) is 9.47 Å². The van der Waals surface area contributed by atoms with Crippen LogP contribution in [0.5, 0.6) is 11.5 Å². The highest BCUT2D eigenvalue weighted by molar-refractivity contribution is 6.06. The topological polar surface area (TPSA) is 82.4 Å². The maximum absolute atomic E-state index is 12.5. The summed E-state index contributed by atoms with van der Waals surface area (Å²) in [6.07, 6.45) is 3.13. The maximum atomic E-state index is 12.5. The van der Waals surface area contributed by atoms with Crippen LogP contribution >= 0.6 is 0 Å². The molecule has 7 heteroatoms. The first-order valence-electron chi connectivity index (χ1n) is 9.95. The Hall–Kier alpha value is -4.39. The molecule has 7 nitrogen and oxygen atoms in total. The molecular weight excluding hydrogens is 406 g/mol. The predicted octanol–water partition coefficient (Wildman–Crippen LogP) is 4.41. The number of esters is 1. The molecule has 0 bridgehead atoms. The van der Waals surface area contributed by atoms with Crippen LogP contribution in [-0.4, -0.2) is 28.8 Å². The molecule has 0 saturated carbocycles. The Morgan fingerprint density at radius 3 is 2.41 bits per heavy atom. The Balaban J connectivity index is 1.36. The van der Waals surface area contributed by atoms with Gasteiger partial charge in [-0.05, 0) is 42.0 Å². The molecule has 0 unspecified atom stereocenters. The number of anilines is 1. The van der Waals surface area contributed by atoms with Gasteiger partial charge in [0.2, 0.25) is 0 Å². The number of carbonyl (C=O) groups excluding carboxylic acids is 2. The van der Waals surface area contributed by atoms with Crippen LogP contribution in [0, 0.1) is 0 Å². The average Bonchev–Trinajstić information content (AvgIpc) is 3.29. The van der Waals surface area contributed by atoms with E-state index in [1.165, 1.54) is 13.3 Å². The minimum atomic E-state index is -0.505. The molecule has 0 saturated heterocycles. The summed E-state index contributed by atoms with van der Waals surface area (Å²) >= 11 is 0. The van der Waals surface area contributed by atoms with Crippen LogP contribution in [0.15, 0.2) is 91.3 Å². The van der Waals surface area contributed by atoms with Gasteiger partial charge in [0.1, 0.15) is 11.5 Å². The SMILES string of the molecule is COc1ccccc1C(=O)Nc1ccc(OC(=O)c2cnn(Cc3ccccc3)c2)cc1. The second kappa shape index (κ2) is 9.61. The number of aromatic nitrogens is 2. The normalized spacial score (nSPS) is 10.4. The Kier molecular flexibility index (Phi) is 6.27. The minimum Gasteiger partial charge on any atom is -0.496 e. The predicted molar refractivity (Wildman–Crippen MR) is 120 cm³/mol. The van der Waals surface area contributed by atoms with Gasteiger partial charge in [0, 0.05) is 11.9 Å². The molecule has 160 valence electrons. The summed E-state index contributed by atoms with van der Waals surface area (Å²) in [6, 6.07) is 23.4. The Bertz CT molecular complexity index is 1220. The molecule has 0 atom stereocenters. The third-order valence-corrected chi connectivity index (χ3v) is 4.73. The first kappa shape index (κ1) is 20.9. The third kappa shape index (κ3) is 5.02. The molecule has 0 aliphatic heterocycles. The molecule has 4 rings (SSSR count). The van der Waals surface area contributed by atoms with Crippen molar-refractivity contribution < 1.29 is 19.1 Å². The first-order valence-corrected chi connectivity index (χ1v) is 9.95. The molecule has 0 aliphatic rings. The number of nitrogens with zero attached hydrogens (tertiary/aromatic N) is 2. The van der Waals surface area contributed by atoms with Crippen LogP contribution in [0.4, 0.5) is 5.69 Å². The summed E-state index contributed by atoms with van der Waals surface area (Å²) in [4.78, 5) is 24.9. The highest BCUT2D eigenvalue weighted by Crippen LogP contribution is 2.21. The van der Waals surface area contributed by atoms with Gasteiger partial charge >= 0.3 is 5.97 Å². The zero-order valence-corrected chi connectivity index (χ0v) is 17.4. The Morgan fingerprint density at radius 2 is 1.66 bits per heavy atom. The van der Waals surface area contributed by atoms with Gasteiger partial charge in [0.15, 0.2) is 0 Å². The number of amides is 1. The third-order valence-electron chi connectivity index (χ3n) is 4.73. The standard InChI is InChI=1S/C25H21N3O4/c1-31-23-10-6-5-9-22(23)24(29)27-20-11-13-21(14-12-20)32-25(30)19-15-26-28(17-19)16-18-7-3-2-4-8-18/h2-15,17H,16H2,1H3,(H,27,29). The van der Waals surface area contributed by atoms with Crippen LogP contribution in [0.25, 0.3) is 0 Å². The molecule has 0 aliphatic carbocycles. The number of methoxy groups -OCH3 is 1. The summed E-state index contributed by atoms with van der Waals surface area (Å²) in [6.45, 7) is 0.564. The average molecular weight is 427 g/mol. The summed E-state index contributed by atoms with van der Waals surface area (Å²) in [5, 5.41) is 7.02. The van der Waals surface area contributed by atoms with Crippen LogP contribution in [0.3, 0.4) is 0 Å². The number of para-hydroxylation sites is 1. The fraction of sp³-hybridized carbons (Fsp3) is 0.0800. The second-order valence-corrected chi connectivity index (χ2v) is 6.98. The lowest BCUT2D eigenvalue weighted by molar-refractivity contribution is 0.0734. The van der Waals surface area contributed by atoms with Gasteiger partial charge in [-0.15, -0.1) is 0 Å². The van der Waals surface area contributed by atoms with Gasteiger partial charge in [0.05, 0.1) is 31.0 Å². The molecule has 3 aromatic carbocycles. The van der Waals surface area contributed by atoms with Gasteiger partial charge < -0.3 is 14.8 Å². The first-order chi connectivity index (χ1) is 15.6. The molecule has 32 heavy (non-hydrogen) atoms. The van der Waals surface area contributed by atoms with E-state index in [0.717, 1.165) is 5.56 Å². The minimum absolute atomic E-state index is 0.293. The largest absolute Gasteiger partial charge is 0.496 e. The fourth-order valence-corrected chi connectivity index (χ4v) is 3.13. The van der Waals surface area contributed by atoms with E-state index in [-0.39, 0.29) is 5.91 Å². The number of carbonyl (C=O) groups is 2. The van der Waals surface area contributed by atoms with Gasteiger partial charge in [-0.3, -0.25) is 9.48 Å². The van der Waals surface area contributed by atoms with E-state index >= 15 is 0 Å². The molecule has 1 N–H and O–H groups in total. The van der Waals surface area contributed by atoms with Crippen molar-refractivity contribution in [3.8, 4) is 11.5 Å². The van der Waals surface area contributed by atoms with Gasteiger partial charge in [-0.25, -0.2) is 4.79 Å². The molecule has 4 aromatic rings. The highest BCUT2D eigenvalue weighted by Gasteiger charge is 2.14. The van der Waals surface area contributed by atoms with Crippen LogP contribution < -0.4 is 14.8 Å². The molecule has 0 fully saturated rings. The van der Waals surface area contributed by atoms with E-state index in [9.17, 15) is 9.59 Å². The lowest BCUT2D eigenvalue weighted by Gasteiger charge is -2.09. The zero-order chi connectivity index (χ0) is 22.3. The number of nitrogens with one attached hydrogen (secondary N) is 1. The fourth-order valence-electron chi connectivity index (χ4n) is 3.13. The smallest absolute Gasteiger partial charge is 0.346 e. The zero-order valence-electron chi connectivity index (χ0n) is 17.4. The summed E-state index contributed by atoms with van der Waals surface area (Å²) in [5.74, 6) is 0.0533. The summed E-state index contributed by atoms with van der Waals surface area (Å²) in [7, 11) is 1.51. The van der Waals surface area contributed by atoms with Crippen molar-refractivity contribution in [3.05, 3.63) is 108 Å². The summed E-state index contributed by atoms with van der Waals surface area (Å²) < 4.78 is 12.3. The van der Waals surface area contributed by atoms with Crippen LogP contribution in [0.1, 0.15) is 26.3 Å². The second-order valence-electron chi connectivity index (χ2n) is 6.98. The number of rotatable bonds is 7. The van der Waals surface area contributed by atoms with E-state index in [2.05, 4.69) is 10.4 Å². The number of hydrogen-bond acceptors (Lipinski definition) is 5. The highest BCUT2D eigenvalue weighted by atomic mass is 16.5. The van der Waals surface area contributed by atoms with Crippen molar-refractivity contribution in [1.29, 1.82) is 0 Å². The number of benzene rings is 3. The van der Waals surface area contributed by atoms with Gasteiger partial charge in [-0.1, -0.05) is 42.5 Å². The van der Waals surface area contributed by atoms with Crippen molar-refractivity contribution in [2.45, 2.75) is 6.54 Å². The number of ether oxygens (including phenoxy) is 2. The van der Waals surface area contributed by atoms with Crippen LogP contribution in [0.2, 0.25) is 0 Å². The molecule has 1 amide bonds. The Morgan fingerprint density at radius 1 is 0.938 bits per heavy atom. The van der Waals surface area contributed by atoms with Crippen molar-refractivity contribution >= 4 is 17.6 Å². The lowest BCUT2D eigenvalue weighted by atomic mass is 10.2. The van der Waals surface area contributed by atoms with E-state index in [1.807, 2.05) is 30.3 Å². The molecule has 0 spiro atoms. The quantitative estimate of drug-likeness (QED) is 0.349. The summed E-state index contributed by atoms with van der Waals surface area (Å²) in [5.41, 5.74) is 2.44. The Labute approximate surface area is 185 Å². The van der Waals surface area contributed by atoms with E-state index < -0.39 is 5.97 Å². The maximum Gasteiger partial charge on any atom is 0.346 e. The molecule has 0 radical (unpaired) electrons. The molecule has 1 aromatic heterocycles.